The van der Waals surface area contributed by atoms with E-state index in [1.54, 1.807) is 6.92 Å². The molecule has 8 nitrogen and oxygen atoms in total. The number of carboxylic acid groups (broad SMARTS) is 2. The molecule has 0 aromatic heterocycles. The molecule has 3 N–H and O–H groups in total. The quantitative estimate of drug-likeness (QED) is 0.470. The first-order chi connectivity index (χ1) is 8.25. The maximum atomic E-state index is 10.7. The van der Waals surface area contributed by atoms with E-state index in [1.807, 2.05) is 6.92 Å². The van der Waals surface area contributed by atoms with Crippen LogP contribution in [0.25, 0.3) is 0 Å². The van der Waals surface area contributed by atoms with E-state index in [0.29, 0.717) is 18.6 Å². The summed E-state index contributed by atoms with van der Waals surface area (Å²) >= 11 is 0. The smallest absolute Gasteiger partial charge is 0.472 e. The van der Waals surface area contributed by atoms with Gasteiger partial charge >= 0.3 is 19.8 Å². The van der Waals surface area contributed by atoms with Crippen molar-refractivity contribution in [2.24, 2.45) is 0 Å². The van der Waals surface area contributed by atoms with Gasteiger partial charge in [0, 0.05) is 12.2 Å². The molecule has 0 bridgehead atoms. The summed E-state index contributed by atoms with van der Waals surface area (Å²) in [6.45, 7) is 3.94. The van der Waals surface area contributed by atoms with Crippen LogP contribution in [0, 0.1) is 0 Å². The second kappa shape index (κ2) is 10.9. The Bertz CT molecular complexity index is 309. The lowest BCUT2D eigenvalue weighted by Crippen LogP contribution is -1.95. The van der Waals surface area contributed by atoms with Crippen LogP contribution in [0.5, 0.6) is 0 Å². The van der Waals surface area contributed by atoms with Gasteiger partial charge in [-0.2, -0.15) is 0 Å². The molecule has 0 aliphatic heterocycles. The van der Waals surface area contributed by atoms with Crippen molar-refractivity contribution in [2.75, 3.05) is 13.2 Å². The van der Waals surface area contributed by atoms with Crippen molar-refractivity contribution >= 4 is 19.8 Å². The zero-order valence-electron chi connectivity index (χ0n) is 10.1. The van der Waals surface area contributed by atoms with Gasteiger partial charge in [0.25, 0.3) is 0 Å². The second-order valence-corrected chi connectivity index (χ2v) is 4.18. The Morgan fingerprint density at radius 3 is 1.83 bits per heavy atom. The first kappa shape index (κ1) is 19.1. The van der Waals surface area contributed by atoms with E-state index >= 15 is 0 Å². The van der Waals surface area contributed by atoms with E-state index in [-0.39, 0.29) is 13.2 Å². The van der Waals surface area contributed by atoms with Gasteiger partial charge in [-0.1, -0.05) is 6.92 Å². The van der Waals surface area contributed by atoms with Crippen LogP contribution in [0.3, 0.4) is 0 Å². The molecule has 0 amide bonds. The number of hydrogen-bond acceptors (Lipinski definition) is 5. The first-order valence-corrected chi connectivity index (χ1v) is 6.50. The van der Waals surface area contributed by atoms with Crippen molar-refractivity contribution in [3.63, 3.8) is 0 Å². The highest BCUT2D eigenvalue weighted by atomic mass is 31.2. The van der Waals surface area contributed by atoms with Crippen LogP contribution in [0.1, 0.15) is 20.3 Å². The summed E-state index contributed by atoms with van der Waals surface area (Å²) in [5, 5.41) is 15.6. The Morgan fingerprint density at radius 1 is 1.11 bits per heavy atom. The largest absolute Gasteiger partial charge is 0.478 e. The number of hydrogen-bond donors (Lipinski definition) is 3. The monoisotopic (exact) mass is 284 g/mol. The van der Waals surface area contributed by atoms with Gasteiger partial charge in [-0.05, 0) is 13.3 Å². The molecule has 0 aliphatic rings. The van der Waals surface area contributed by atoms with Gasteiger partial charge in [0.15, 0.2) is 0 Å². The molecule has 0 aromatic carbocycles. The summed E-state index contributed by atoms with van der Waals surface area (Å²) in [7, 11) is -3.71. The maximum absolute atomic E-state index is 10.7. The molecule has 0 saturated carbocycles. The molecule has 18 heavy (non-hydrogen) atoms. The lowest BCUT2D eigenvalue weighted by molar-refractivity contribution is -0.134. The van der Waals surface area contributed by atoms with Gasteiger partial charge in [-0.3, -0.25) is 9.05 Å². The maximum Gasteiger partial charge on any atom is 0.472 e. The molecule has 106 valence electrons. The highest BCUT2D eigenvalue weighted by molar-refractivity contribution is 7.47. The summed E-state index contributed by atoms with van der Waals surface area (Å²) in [6, 6.07) is 0. The zero-order chi connectivity index (χ0) is 14.6. The third-order valence-electron chi connectivity index (χ3n) is 1.12. The van der Waals surface area contributed by atoms with Crippen molar-refractivity contribution < 1.29 is 38.3 Å². The van der Waals surface area contributed by atoms with Gasteiger partial charge in [-0.15, -0.1) is 0 Å². The molecule has 1 atom stereocenters. The molecule has 0 spiro atoms. The van der Waals surface area contributed by atoms with Gasteiger partial charge in [0.2, 0.25) is 0 Å². The normalized spacial score (nSPS) is 13.5. The average Bonchev–Trinajstić information content (AvgIpc) is 2.24. The molecule has 1 unspecified atom stereocenters. The number of rotatable bonds is 7. The molecule has 0 saturated heterocycles. The minimum Gasteiger partial charge on any atom is -0.478 e. The van der Waals surface area contributed by atoms with Crippen molar-refractivity contribution in [3.8, 4) is 0 Å². The highest BCUT2D eigenvalue weighted by Crippen LogP contribution is 2.42. The van der Waals surface area contributed by atoms with E-state index in [9.17, 15) is 14.2 Å². The topological polar surface area (TPSA) is 130 Å². The van der Waals surface area contributed by atoms with E-state index < -0.39 is 19.8 Å². The molecule has 0 aliphatic carbocycles. The van der Waals surface area contributed by atoms with Crippen LogP contribution in [-0.4, -0.2) is 40.3 Å². The molecule has 0 heterocycles. The number of carboxylic acids is 2. The Kier molecular flexibility index (Phi) is 11.6. The predicted octanol–water partition coefficient (Wildman–Crippen LogP) is 1.26. The number of phosphoric ester groups is 1. The Labute approximate surface area is 104 Å². The fourth-order valence-electron chi connectivity index (χ4n) is 0.550. The minimum absolute atomic E-state index is 0.192. The summed E-state index contributed by atoms with van der Waals surface area (Å²) in [6.07, 6.45) is 1.82. The van der Waals surface area contributed by atoms with Crippen molar-refractivity contribution in [1.29, 1.82) is 0 Å². The zero-order valence-corrected chi connectivity index (χ0v) is 11.0. The summed E-state index contributed by atoms with van der Waals surface area (Å²) in [5.41, 5.74) is 0. The molecule has 0 aromatic rings. The number of phosphoric acid groups is 1. The van der Waals surface area contributed by atoms with Crippen molar-refractivity contribution in [2.45, 2.75) is 20.3 Å². The summed E-state index contributed by atoms with van der Waals surface area (Å²) < 4.78 is 19.6. The van der Waals surface area contributed by atoms with Crippen LogP contribution in [0.2, 0.25) is 0 Å². The summed E-state index contributed by atoms with van der Waals surface area (Å²) in [5.74, 6) is -2.51. The second-order valence-electron chi connectivity index (χ2n) is 2.73. The van der Waals surface area contributed by atoms with Crippen LogP contribution >= 0.6 is 7.82 Å². The van der Waals surface area contributed by atoms with Gasteiger partial charge in [-0.25, -0.2) is 14.2 Å². The SMILES string of the molecule is CCCOP(=O)(O)OCC.O=C(O)/C=C/C(=O)O. The molecule has 0 rings (SSSR count). The predicted molar refractivity (Wildman–Crippen MR) is 62.1 cm³/mol. The van der Waals surface area contributed by atoms with E-state index in [1.165, 1.54) is 0 Å². The Balaban J connectivity index is 0. The van der Waals surface area contributed by atoms with Gasteiger partial charge < -0.3 is 15.1 Å². The third kappa shape index (κ3) is 17.2. The molecular weight excluding hydrogens is 267 g/mol. The number of aliphatic carboxylic acids is 2. The number of carbonyl (C=O) groups is 2. The van der Waals surface area contributed by atoms with E-state index in [0.717, 1.165) is 0 Å². The first-order valence-electron chi connectivity index (χ1n) is 5.01. The fourth-order valence-corrected chi connectivity index (χ4v) is 1.36. The van der Waals surface area contributed by atoms with Crippen molar-refractivity contribution in [3.05, 3.63) is 12.2 Å². The molecular formula is C9H17O8P. The van der Waals surface area contributed by atoms with Crippen LogP contribution < -0.4 is 0 Å². The molecule has 9 heteroatoms. The molecule has 0 fully saturated rings. The van der Waals surface area contributed by atoms with Gasteiger partial charge in [0.05, 0.1) is 13.2 Å². The van der Waals surface area contributed by atoms with E-state index in [2.05, 4.69) is 9.05 Å². The Morgan fingerprint density at radius 2 is 1.56 bits per heavy atom. The van der Waals surface area contributed by atoms with Crippen molar-refractivity contribution in [1.82, 2.24) is 0 Å². The average molecular weight is 284 g/mol. The standard InChI is InChI=1S/C5H13O4P.C4H4O4/c1-3-5-9-10(6,7)8-4-2;5-3(6)1-2-4(7)8/h3-5H2,1-2H3,(H,6,7);1-2H,(H,5,6)(H,7,8)/b;2-1+. The highest BCUT2D eigenvalue weighted by Gasteiger charge is 2.18. The molecule has 0 radical (unpaired) electrons. The Hall–Kier alpha value is -1.21. The lowest BCUT2D eigenvalue weighted by atomic mass is 10.5. The van der Waals surface area contributed by atoms with Gasteiger partial charge in [0.1, 0.15) is 0 Å². The van der Waals surface area contributed by atoms with Crippen LogP contribution in [0.15, 0.2) is 12.2 Å². The third-order valence-corrected chi connectivity index (χ3v) is 2.21. The lowest BCUT2D eigenvalue weighted by Gasteiger charge is -2.08. The fraction of sp³-hybridized carbons (Fsp3) is 0.556. The van der Waals surface area contributed by atoms with Crippen LogP contribution in [0.4, 0.5) is 0 Å². The minimum atomic E-state index is -3.71. The van der Waals surface area contributed by atoms with Crippen LogP contribution in [-0.2, 0) is 23.2 Å². The summed E-state index contributed by atoms with van der Waals surface area (Å²) in [4.78, 5) is 27.9. The van der Waals surface area contributed by atoms with E-state index in [4.69, 9.17) is 15.1 Å².